The molecule has 178 valence electrons. The summed E-state index contributed by atoms with van der Waals surface area (Å²) in [4.78, 5) is 9.29. The topological polar surface area (TPSA) is 57.3 Å². The van der Waals surface area contributed by atoms with Gasteiger partial charge < -0.3 is 14.2 Å². The maximum Gasteiger partial charge on any atom is 0.0992 e. The van der Waals surface area contributed by atoms with Crippen molar-refractivity contribution in [3.05, 3.63) is 77.2 Å². The molecule has 0 saturated carbocycles. The lowest BCUT2D eigenvalue weighted by Crippen LogP contribution is -2.52. The molecule has 2 aliphatic rings. The predicted molar refractivity (Wildman–Crippen MR) is 140 cm³/mol. The number of hydrogen-bond acceptors (Lipinski definition) is 6. The van der Waals surface area contributed by atoms with Crippen LogP contribution in [0, 0.1) is 11.3 Å². The summed E-state index contributed by atoms with van der Waals surface area (Å²) in [6.07, 6.45) is 7.80. The van der Waals surface area contributed by atoms with Crippen LogP contribution in [0.25, 0.3) is 15.8 Å². The highest BCUT2D eigenvalue weighted by Gasteiger charge is 2.27. The van der Waals surface area contributed by atoms with Gasteiger partial charge in [-0.3, -0.25) is 4.90 Å². The third-order valence-corrected chi connectivity index (χ3v) is 8.37. The number of fused-ring (bicyclic) bond motifs is 2. The van der Waals surface area contributed by atoms with Crippen LogP contribution in [0.3, 0.4) is 0 Å². The minimum atomic E-state index is 0.163. The number of aromatic nitrogens is 2. The fourth-order valence-corrected chi connectivity index (χ4v) is 6.50. The van der Waals surface area contributed by atoms with Crippen molar-refractivity contribution in [3.8, 4) is 11.8 Å². The van der Waals surface area contributed by atoms with E-state index in [1.807, 2.05) is 30.9 Å². The van der Waals surface area contributed by atoms with Gasteiger partial charge in [-0.2, -0.15) is 5.26 Å². The Labute approximate surface area is 210 Å². The lowest BCUT2D eigenvalue weighted by molar-refractivity contribution is 0.0255. The lowest BCUT2D eigenvalue weighted by Gasteiger charge is -2.41. The summed E-state index contributed by atoms with van der Waals surface area (Å²) in [6.45, 7) is 7.25. The number of rotatable bonds is 5. The zero-order chi connectivity index (χ0) is 23.8. The summed E-state index contributed by atoms with van der Waals surface area (Å²) in [6, 6.07) is 15.5. The van der Waals surface area contributed by atoms with Crippen LogP contribution < -0.4 is 4.90 Å². The lowest BCUT2D eigenvalue weighted by atomic mass is 9.94. The van der Waals surface area contributed by atoms with Crippen molar-refractivity contribution in [1.82, 2.24) is 14.5 Å². The molecular formula is C28H29N5OS. The van der Waals surface area contributed by atoms with Crippen LogP contribution >= 0.6 is 11.3 Å². The van der Waals surface area contributed by atoms with Crippen molar-refractivity contribution in [2.24, 2.45) is 0 Å². The molecule has 2 aromatic carbocycles. The number of hydrogen-bond donors (Lipinski definition) is 0. The first-order valence-corrected chi connectivity index (χ1v) is 13.2. The Morgan fingerprint density at radius 3 is 2.97 bits per heavy atom. The van der Waals surface area contributed by atoms with E-state index in [2.05, 4.69) is 62.0 Å². The largest absolute Gasteiger partial charge is 0.373 e. The molecule has 4 aromatic rings. The minimum absolute atomic E-state index is 0.163. The van der Waals surface area contributed by atoms with E-state index in [9.17, 15) is 5.26 Å². The molecule has 0 spiro atoms. The monoisotopic (exact) mass is 483 g/mol. The highest BCUT2D eigenvalue weighted by molar-refractivity contribution is 7.17. The zero-order valence-corrected chi connectivity index (χ0v) is 20.7. The molecule has 0 aliphatic carbocycles. The average Bonchev–Trinajstić information content (AvgIpc) is 3.58. The predicted octanol–water partition coefficient (Wildman–Crippen LogP) is 5.17. The van der Waals surface area contributed by atoms with Crippen molar-refractivity contribution in [2.45, 2.75) is 31.9 Å². The van der Waals surface area contributed by atoms with Crippen LogP contribution in [-0.2, 0) is 11.2 Å². The molecule has 2 aromatic heterocycles. The summed E-state index contributed by atoms with van der Waals surface area (Å²) in [5.74, 6) is 0. The van der Waals surface area contributed by atoms with Crippen LogP contribution in [-0.4, -0.2) is 53.3 Å². The van der Waals surface area contributed by atoms with Gasteiger partial charge in [0.2, 0.25) is 0 Å². The van der Waals surface area contributed by atoms with E-state index in [1.54, 1.807) is 11.3 Å². The van der Waals surface area contributed by atoms with E-state index in [0.717, 1.165) is 56.9 Å². The molecule has 0 radical (unpaired) electrons. The third kappa shape index (κ3) is 4.34. The van der Waals surface area contributed by atoms with Gasteiger partial charge in [-0.05, 0) is 55.2 Å². The maximum atomic E-state index is 9.19. The van der Waals surface area contributed by atoms with Gasteiger partial charge >= 0.3 is 0 Å². The van der Waals surface area contributed by atoms with Crippen LogP contribution in [0.15, 0.2) is 60.5 Å². The van der Waals surface area contributed by atoms with Crippen LogP contribution in [0.2, 0.25) is 0 Å². The third-order valence-electron chi connectivity index (χ3n) is 7.43. The molecular weight excluding hydrogens is 454 g/mol. The number of piperazine rings is 1. The van der Waals surface area contributed by atoms with Gasteiger partial charge in [-0.25, -0.2) is 4.98 Å². The minimum Gasteiger partial charge on any atom is -0.373 e. The quantitative estimate of drug-likeness (QED) is 0.392. The molecule has 0 N–H and O–H groups in total. The summed E-state index contributed by atoms with van der Waals surface area (Å²) in [5, 5.41) is 12.7. The van der Waals surface area contributed by atoms with Gasteiger partial charge in [-0.1, -0.05) is 12.1 Å². The summed E-state index contributed by atoms with van der Waals surface area (Å²) in [7, 11) is 0. The van der Waals surface area contributed by atoms with Gasteiger partial charge in [0.15, 0.2) is 0 Å². The highest BCUT2D eigenvalue weighted by Crippen LogP contribution is 2.35. The second kappa shape index (κ2) is 9.46. The Morgan fingerprint density at radius 2 is 2.14 bits per heavy atom. The zero-order valence-electron chi connectivity index (χ0n) is 19.9. The number of ether oxygens (including phenoxy) is 1. The first kappa shape index (κ1) is 22.3. The summed E-state index contributed by atoms with van der Waals surface area (Å²) in [5.41, 5.74) is 5.94. The Balaban J connectivity index is 1.10. The number of imidazole rings is 1. The number of nitriles is 1. The summed E-state index contributed by atoms with van der Waals surface area (Å²) >= 11 is 1.73. The number of nitrogens with zero attached hydrogens (tertiary/aromatic N) is 5. The van der Waals surface area contributed by atoms with Crippen molar-refractivity contribution in [3.63, 3.8) is 0 Å². The number of thiophene rings is 1. The SMILES string of the molecule is C[C@@H]1CN(c2csc3cc(C#N)ccc23)CCN1CC[C@@H]1OCCc2cc(-n3ccnc3)ccc21. The van der Waals surface area contributed by atoms with Gasteiger partial charge in [0, 0.05) is 65.8 Å². The Hall–Kier alpha value is -3.18. The van der Waals surface area contributed by atoms with Crippen molar-refractivity contribution in [1.29, 1.82) is 5.26 Å². The van der Waals surface area contributed by atoms with Crippen LogP contribution in [0.5, 0.6) is 0 Å². The Kier molecular flexibility index (Phi) is 6.03. The van der Waals surface area contributed by atoms with Gasteiger partial charge in [0.05, 0.1) is 36.4 Å². The van der Waals surface area contributed by atoms with Crippen LogP contribution in [0.1, 0.15) is 36.1 Å². The number of benzene rings is 2. The standard InChI is InChI=1S/C28H29N5OS/c1-20-17-32(26-18-35-28-14-21(16-29)2-4-25(26)28)12-11-31(20)9-6-27-24-5-3-23(33-10-8-30-19-33)15-22(24)7-13-34-27/h2-5,8,10,14-15,18-20,27H,6-7,9,11-13,17H2,1H3/t20-,27+/m1/s1. The Bertz CT molecular complexity index is 1370. The molecule has 0 amide bonds. The van der Waals surface area contributed by atoms with Gasteiger partial charge in [0.1, 0.15) is 0 Å². The van der Waals surface area contributed by atoms with Crippen molar-refractivity contribution >= 4 is 27.1 Å². The van der Waals surface area contributed by atoms with E-state index in [4.69, 9.17) is 4.74 Å². The fourth-order valence-electron chi connectivity index (χ4n) is 5.49. The van der Waals surface area contributed by atoms with E-state index in [-0.39, 0.29) is 6.10 Å². The van der Waals surface area contributed by atoms with Crippen molar-refractivity contribution in [2.75, 3.05) is 37.7 Å². The van der Waals surface area contributed by atoms with E-state index < -0.39 is 0 Å². The fraction of sp³-hybridized carbons (Fsp3) is 0.357. The molecule has 6 nitrogen and oxygen atoms in total. The molecule has 35 heavy (non-hydrogen) atoms. The van der Waals surface area contributed by atoms with Crippen LogP contribution in [0.4, 0.5) is 5.69 Å². The highest BCUT2D eigenvalue weighted by atomic mass is 32.1. The molecule has 0 bridgehead atoms. The second-order valence-electron chi connectivity index (χ2n) is 9.53. The van der Waals surface area contributed by atoms with E-state index in [0.29, 0.717) is 6.04 Å². The molecule has 1 saturated heterocycles. The molecule has 1 fully saturated rings. The number of anilines is 1. The average molecular weight is 484 g/mol. The smallest absolute Gasteiger partial charge is 0.0992 e. The van der Waals surface area contributed by atoms with E-state index >= 15 is 0 Å². The van der Waals surface area contributed by atoms with Gasteiger partial charge in [0.25, 0.3) is 0 Å². The first-order chi connectivity index (χ1) is 17.2. The first-order valence-electron chi connectivity index (χ1n) is 12.3. The Morgan fingerprint density at radius 1 is 1.20 bits per heavy atom. The molecule has 2 atom stereocenters. The molecule has 0 unspecified atom stereocenters. The molecule has 4 heterocycles. The van der Waals surface area contributed by atoms with Crippen molar-refractivity contribution < 1.29 is 4.74 Å². The maximum absolute atomic E-state index is 9.19. The summed E-state index contributed by atoms with van der Waals surface area (Å²) < 4.78 is 9.48. The normalized spacial score (nSPS) is 20.6. The molecule has 6 rings (SSSR count). The molecule has 7 heteroatoms. The second-order valence-corrected chi connectivity index (χ2v) is 10.4. The van der Waals surface area contributed by atoms with E-state index in [1.165, 1.54) is 26.9 Å². The molecule has 2 aliphatic heterocycles. The van der Waals surface area contributed by atoms with Gasteiger partial charge in [-0.15, -0.1) is 11.3 Å².